The SMILES string of the molecule is COCCCN(Cc1c(-c2cccc(C)c2)noc1N1CCOCC1)C(=O)CC(C)C. The van der Waals surface area contributed by atoms with Crippen molar-refractivity contribution in [1.82, 2.24) is 10.1 Å². The first kappa shape index (κ1) is 23.3. The van der Waals surface area contributed by atoms with Gasteiger partial charge in [0.25, 0.3) is 0 Å². The second-order valence-electron chi connectivity index (χ2n) is 8.54. The van der Waals surface area contributed by atoms with E-state index in [2.05, 4.69) is 43.0 Å². The van der Waals surface area contributed by atoms with Crippen LogP contribution in [0.25, 0.3) is 11.3 Å². The maximum absolute atomic E-state index is 13.1. The summed E-state index contributed by atoms with van der Waals surface area (Å²) in [5.41, 5.74) is 3.93. The summed E-state index contributed by atoms with van der Waals surface area (Å²) < 4.78 is 16.6. The molecule has 1 aliphatic heterocycles. The molecule has 1 saturated heterocycles. The molecule has 0 saturated carbocycles. The van der Waals surface area contributed by atoms with Crippen LogP contribution in [0.5, 0.6) is 0 Å². The van der Waals surface area contributed by atoms with Crippen molar-refractivity contribution in [2.45, 2.75) is 40.2 Å². The summed E-state index contributed by atoms with van der Waals surface area (Å²) in [6, 6.07) is 8.24. The van der Waals surface area contributed by atoms with Gasteiger partial charge >= 0.3 is 0 Å². The Balaban J connectivity index is 1.95. The molecule has 1 amide bonds. The van der Waals surface area contributed by atoms with Crippen LogP contribution in [0.1, 0.15) is 37.8 Å². The van der Waals surface area contributed by atoms with Gasteiger partial charge in [-0.15, -0.1) is 0 Å². The van der Waals surface area contributed by atoms with E-state index in [-0.39, 0.29) is 5.91 Å². The van der Waals surface area contributed by atoms with Crippen molar-refractivity contribution in [3.63, 3.8) is 0 Å². The number of nitrogens with zero attached hydrogens (tertiary/aromatic N) is 3. The fourth-order valence-electron chi connectivity index (χ4n) is 3.84. The largest absolute Gasteiger partial charge is 0.385 e. The molecular weight excluding hydrogens is 394 g/mol. The van der Waals surface area contributed by atoms with Crippen molar-refractivity contribution >= 4 is 11.8 Å². The first-order valence-electron chi connectivity index (χ1n) is 11.1. The van der Waals surface area contributed by atoms with Gasteiger partial charge in [-0.05, 0) is 25.3 Å². The molecule has 2 aromatic rings. The summed E-state index contributed by atoms with van der Waals surface area (Å²) in [5.74, 6) is 1.19. The molecule has 0 atom stereocenters. The van der Waals surface area contributed by atoms with Crippen LogP contribution in [-0.4, -0.2) is 62.5 Å². The highest BCUT2D eigenvalue weighted by Crippen LogP contribution is 2.33. The molecular formula is C24H35N3O4. The average molecular weight is 430 g/mol. The second kappa shape index (κ2) is 11.3. The predicted molar refractivity (Wildman–Crippen MR) is 121 cm³/mol. The van der Waals surface area contributed by atoms with Crippen molar-refractivity contribution in [2.75, 3.05) is 51.5 Å². The third-order valence-corrected chi connectivity index (χ3v) is 5.42. The molecule has 1 fully saturated rings. The van der Waals surface area contributed by atoms with E-state index in [9.17, 15) is 4.79 Å². The quantitative estimate of drug-likeness (QED) is 0.534. The minimum Gasteiger partial charge on any atom is -0.385 e. The Labute approximate surface area is 185 Å². The summed E-state index contributed by atoms with van der Waals surface area (Å²) in [7, 11) is 1.69. The molecule has 2 heterocycles. The molecule has 0 spiro atoms. The Morgan fingerprint density at radius 3 is 2.74 bits per heavy atom. The summed E-state index contributed by atoms with van der Waals surface area (Å²) in [4.78, 5) is 17.2. The fraction of sp³-hybridized carbons (Fsp3) is 0.583. The number of aryl methyl sites for hydroxylation is 1. The maximum Gasteiger partial charge on any atom is 0.233 e. The van der Waals surface area contributed by atoms with E-state index in [4.69, 9.17) is 14.0 Å². The Morgan fingerprint density at radius 1 is 1.29 bits per heavy atom. The van der Waals surface area contributed by atoms with E-state index in [1.54, 1.807) is 7.11 Å². The molecule has 0 N–H and O–H groups in total. The Kier molecular flexibility index (Phi) is 8.49. The predicted octanol–water partition coefficient (Wildman–Crippen LogP) is 3.90. The standard InChI is InChI=1S/C24H35N3O4/c1-18(2)15-22(28)27(9-6-12-29-4)17-21-23(20-8-5-7-19(3)16-20)25-31-24(21)26-10-13-30-14-11-26/h5,7-8,16,18H,6,9-15,17H2,1-4H3. The van der Waals surface area contributed by atoms with E-state index < -0.39 is 0 Å². The van der Waals surface area contributed by atoms with Crippen molar-refractivity contribution in [3.05, 3.63) is 35.4 Å². The number of amides is 1. The van der Waals surface area contributed by atoms with E-state index in [0.29, 0.717) is 45.2 Å². The molecule has 3 rings (SSSR count). The number of morpholine rings is 1. The average Bonchev–Trinajstić information content (AvgIpc) is 3.17. The van der Waals surface area contributed by atoms with Crippen molar-refractivity contribution < 1.29 is 18.8 Å². The lowest BCUT2D eigenvalue weighted by Crippen LogP contribution is -2.37. The van der Waals surface area contributed by atoms with Crippen molar-refractivity contribution in [1.29, 1.82) is 0 Å². The number of hydrogen-bond donors (Lipinski definition) is 0. The summed E-state index contributed by atoms with van der Waals surface area (Å²) in [6.07, 6.45) is 1.31. The van der Waals surface area contributed by atoms with Crippen LogP contribution in [0.2, 0.25) is 0 Å². The van der Waals surface area contributed by atoms with Crippen LogP contribution < -0.4 is 4.90 Å². The van der Waals surface area contributed by atoms with E-state index in [0.717, 1.165) is 47.8 Å². The Hall–Kier alpha value is -2.38. The number of carbonyl (C=O) groups excluding carboxylic acids is 1. The molecule has 31 heavy (non-hydrogen) atoms. The van der Waals surface area contributed by atoms with E-state index >= 15 is 0 Å². The van der Waals surface area contributed by atoms with Gasteiger partial charge in [-0.25, -0.2) is 0 Å². The van der Waals surface area contributed by atoms with Crippen LogP contribution in [0.4, 0.5) is 5.88 Å². The lowest BCUT2D eigenvalue weighted by Gasteiger charge is -2.28. The number of ether oxygens (including phenoxy) is 2. The molecule has 1 aliphatic rings. The summed E-state index contributed by atoms with van der Waals surface area (Å²) in [5, 5.41) is 4.45. The molecule has 1 aromatic heterocycles. The number of methoxy groups -OCH3 is 1. The number of rotatable bonds is 10. The number of hydrogen-bond acceptors (Lipinski definition) is 6. The third kappa shape index (κ3) is 6.31. The zero-order chi connectivity index (χ0) is 22.2. The summed E-state index contributed by atoms with van der Waals surface area (Å²) in [6.45, 7) is 10.7. The molecule has 170 valence electrons. The number of carbonyl (C=O) groups is 1. The minimum absolute atomic E-state index is 0.149. The maximum atomic E-state index is 13.1. The van der Waals surface area contributed by atoms with Crippen molar-refractivity contribution in [3.8, 4) is 11.3 Å². The highest BCUT2D eigenvalue weighted by atomic mass is 16.5. The zero-order valence-electron chi connectivity index (χ0n) is 19.2. The Bertz CT molecular complexity index is 843. The lowest BCUT2D eigenvalue weighted by atomic mass is 10.0. The van der Waals surface area contributed by atoms with Gasteiger partial charge in [0.05, 0.1) is 25.3 Å². The molecule has 0 aliphatic carbocycles. The zero-order valence-corrected chi connectivity index (χ0v) is 19.2. The van der Waals surface area contributed by atoms with Crippen LogP contribution >= 0.6 is 0 Å². The van der Waals surface area contributed by atoms with Gasteiger partial charge in [-0.3, -0.25) is 4.79 Å². The smallest absolute Gasteiger partial charge is 0.233 e. The van der Waals surface area contributed by atoms with E-state index in [1.165, 1.54) is 0 Å². The molecule has 7 nitrogen and oxygen atoms in total. The van der Waals surface area contributed by atoms with E-state index in [1.807, 2.05) is 17.0 Å². The van der Waals surface area contributed by atoms with Gasteiger partial charge in [0.1, 0.15) is 5.69 Å². The molecule has 7 heteroatoms. The van der Waals surface area contributed by atoms with Crippen LogP contribution in [0.3, 0.4) is 0 Å². The number of benzene rings is 1. The lowest BCUT2D eigenvalue weighted by molar-refractivity contribution is -0.132. The first-order chi connectivity index (χ1) is 15.0. The fourth-order valence-corrected chi connectivity index (χ4v) is 3.84. The Morgan fingerprint density at radius 2 is 2.06 bits per heavy atom. The molecule has 1 aromatic carbocycles. The van der Waals surface area contributed by atoms with Crippen LogP contribution in [-0.2, 0) is 20.8 Å². The monoisotopic (exact) mass is 429 g/mol. The topological polar surface area (TPSA) is 68.0 Å². The van der Waals surface area contributed by atoms with Gasteiger partial charge in [-0.1, -0.05) is 42.8 Å². The summed E-state index contributed by atoms with van der Waals surface area (Å²) >= 11 is 0. The van der Waals surface area contributed by atoms with Crippen LogP contribution in [0.15, 0.2) is 28.8 Å². The van der Waals surface area contributed by atoms with Gasteiger partial charge in [0, 0.05) is 45.3 Å². The first-order valence-corrected chi connectivity index (χ1v) is 11.1. The molecule has 0 unspecified atom stereocenters. The van der Waals surface area contributed by atoms with Gasteiger partial charge < -0.3 is 23.8 Å². The normalized spacial score (nSPS) is 14.3. The third-order valence-electron chi connectivity index (χ3n) is 5.42. The van der Waals surface area contributed by atoms with Gasteiger partial charge in [0.2, 0.25) is 11.8 Å². The van der Waals surface area contributed by atoms with Gasteiger partial charge in [0.15, 0.2) is 0 Å². The second-order valence-corrected chi connectivity index (χ2v) is 8.54. The number of aromatic nitrogens is 1. The van der Waals surface area contributed by atoms with Crippen LogP contribution in [0, 0.1) is 12.8 Å². The van der Waals surface area contributed by atoms with Crippen molar-refractivity contribution in [2.24, 2.45) is 5.92 Å². The van der Waals surface area contributed by atoms with Gasteiger partial charge in [-0.2, -0.15) is 0 Å². The number of anilines is 1. The highest BCUT2D eigenvalue weighted by Gasteiger charge is 2.27. The highest BCUT2D eigenvalue weighted by molar-refractivity contribution is 5.77. The molecule has 0 radical (unpaired) electrons. The molecule has 0 bridgehead atoms. The minimum atomic E-state index is 0.149.